The molecule has 0 spiro atoms. The number of hydrogen-bond acceptors (Lipinski definition) is 5. The molecule has 0 saturated heterocycles. The number of rotatable bonds is 9. The fourth-order valence-electron chi connectivity index (χ4n) is 3.22. The van der Waals surface area contributed by atoms with Crippen molar-refractivity contribution in [2.24, 2.45) is 0 Å². The van der Waals surface area contributed by atoms with Crippen molar-refractivity contribution in [2.75, 3.05) is 20.8 Å². The highest BCUT2D eigenvalue weighted by molar-refractivity contribution is 6.27. The summed E-state index contributed by atoms with van der Waals surface area (Å²) in [7, 11) is 3.35. The van der Waals surface area contributed by atoms with Gasteiger partial charge in [-0.2, -0.15) is 0 Å². The lowest BCUT2D eigenvalue weighted by atomic mass is 10.1. The lowest BCUT2D eigenvalue weighted by molar-refractivity contribution is -0.159. The number of hydrogen-bond donors (Lipinski definition) is 2. The van der Waals surface area contributed by atoms with E-state index in [-0.39, 0.29) is 0 Å². The van der Waals surface area contributed by atoms with E-state index >= 15 is 0 Å². The molecular formula is C26H29NO6. The quantitative estimate of drug-likeness (QED) is 0.473. The Morgan fingerprint density at radius 3 is 1.73 bits per heavy atom. The minimum absolute atomic E-state index is 0.764. The summed E-state index contributed by atoms with van der Waals surface area (Å²) in [6, 6.07) is 27.4. The molecule has 7 nitrogen and oxygen atoms in total. The number of carboxylic acid groups (broad SMARTS) is 2. The summed E-state index contributed by atoms with van der Waals surface area (Å²) in [6.45, 7) is 2.78. The van der Waals surface area contributed by atoms with Crippen molar-refractivity contribution in [3.63, 3.8) is 0 Å². The molecule has 2 N–H and O–H groups in total. The zero-order valence-corrected chi connectivity index (χ0v) is 18.8. The fourth-order valence-corrected chi connectivity index (χ4v) is 3.22. The summed E-state index contributed by atoms with van der Waals surface area (Å²) in [4.78, 5) is 20.7. The van der Waals surface area contributed by atoms with Gasteiger partial charge in [0.05, 0.1) is 14.2 Å². The number of aliphatic carboxylic acids is 2. The van der Waals surface area contributed by atoms with Crippen LogP contribution >= 0.6 is 0 Å². The van der Waals surface area contributed by atoms with E-state index < -0.39 is 11.9 Å². The Hall–Kier alpha value is -3.84. The summed E-state index contributed by atoms with van der Waals surface area (Å²) in [5.41, 5.74) is 3.91. The Kier molecular flexibility index (Phi) is 10.4. The summed E-state index contributed by atoms with van der Waals surface area (Å²) in [6.07, 6.45) is 1.03. The standard InChI is InChI=1S/C24H27NO2.C2H2O4/c1-26-23-14-13-22(17-24(23)27-2)19-25(18-21-11-7-4-8-12-21)16-15-20-9-5-3-6-10-20;3-1(4)2(5)6/h3-14,17H,15-16,18-19H2,1-2H3;(H,3,4)(H,5,6). The molecule has 0 unspecified atom stereocenters. The molecular weight excluding hydrogens is 422 g/mol. The molecule has 0 bridgehead atoms. The molecule has 0 aliphatic heterocycles. The smallest absolute Gasteiger partial charge is 0.414 e. The third-order valence-corrected chi connectivity index (χ3v) is 4.85. The van der Waals surface area contributed by atoms with E-state index in [1.807, 2.05) is 6.07 Å². The van der Waals surface area contributed by atoms with Crippen LogP contribution in [-0.2, 0) is 29.1 Å². The molecule has 0 atom stereocenters. The number of ether oxygens (including phenoxy) is 2. The van der Waals surface area contributed by atoms with E-state index in [1.54, 1.807) is 14.2 Å². The van der Waals surface area contributed by atoms with E-state index in [1.165, 1.54) is 16.7 Å². The van der Waals surface area contributed by atoms with E-state index in [4.69, 9.17) is 29.3 Å². The van der Waals surface area contributed by atoms with Crippen molar-refractivity contribution in [2.45, 2.75) is 19.5 Å². The van der Waals surface area contributed by atoms with Crippen molar-refractivity contribution in [1.82, 2.24) is 4.90 Å². The molecule has 0 aliphatic rings. The zero-order valence-electron chi connectivity index (χ0n) is 18.8. The first-order valence-corrected chi connectivity index (χ1v) is 10.4. The Morgan fingerprint density at radius 1 is 0.697 bits per heavy atom. The monoisotopic (exact) mass is 451 g/mol. The van der Waals surface area contributed by atoms with Gasteiger partial charge in [0.2, 0.25) is 0 Å². The highest BCUT2D eigenvalue weighted by atomic mass is 16.5. The molecule has 3 aromatic carbocycles. The van der Waals surface area contributed by atoms with Crippen LogP contribution in [0.3, 0.4) is 0 Å². The van der Waals surface area contributed by atoms with Crippen LogP contribution in [0.4, 0.5) is 0 Å². The second kappa shape index (κ2) is 13.5. The average molecular weight is 452 g/mol. The van der Waals surface area contributed by atoms with Crippen LogP contribution in [0, 0.1) is 0 Å². The highest BCUT2D eigenvalue weighted by Gasteiger charge is 2.11. The van der Waals surface area contributed by atoms with Gasteiger partial charge in [-0.3, -0.25) is 4.90 Å². The second-order valence-electron chi connectivity index (χ2n) is 7.23. The molecule has 174 valence electrons. The van der Waals surface area contributed by atoms with Gasteiger partial charge >= 0.3 is 11.9 Å². The molecule has 0 fully saturated rings. The highest BCUT2D eigenvalue weighted by Crippen LogP contribution is 2.28. The van der Waals surface area contributed by atoms with Crippen LogP contribution in [0.2, 0.25) is 0 Å². The van der Waals surface area contributed by atoms with Gasteiger partial charge in [0.25, 0.3) is 0 Å². The first kappa shape index (κ1) is 25.4. The number of carboxylic acids is 2. The van der Waals surface area contributed by atoms with E-state index in [0.717, 1.165) is 37.6 Å². The summed E-state index contributed by atoms with van der Waals surface area (Å²) in [5.74, 6) is -2.11. The number of carbonyl (C=O) groups is 2. The van der Waals surface area contributed by atoms with E-state index in [0.29, 0.717) is 0 Å². The zero-order chi connectivity index (χ0) is 24.1. The first-order chi connectivity index (χ1) is 15.9. The lowest BCUT2D eigenvalue weighted by Crippen LogP contribution is -2.25. The van der Waals surface area contributed by atoms with Gasteiger partial charge in [0.15, 0.2) is 11.5 Å². The van der Waals surface area contributed by atoms with Crippen molar-refractivity contribution < 1.29 is 29.3 Å². The number of nitrogens with zero attached hydrogens (tertiary/aromatic N) is 1. The van der Waals surface area contributed by atoms with E-state index in [2.05, 4.69) is 77.7 Å². The predicted octanol–water partition coefficient (Wildman–Crippen LogP) is 4.10. The van der Waals surface area contributed by atoms with Crippen LogP contribution < -0.4 is 9.47 Å². The van der Waals surface area contributed by atoms with Gasteiger partial charge in [0.1, 0.15) is 0 Å². The first-order valence-electron chi connectivity index (χ1n) is 10.4. The Bertz CT molecular complexity index is 996. The molecule has 3 aromatic rings. The molecule has 3 rings (SSSR count). The molecule has 0 saturated carbocycles. The van der Waals surface area contributed by atoms with Crippen LogP contribution in [0.5, 0.6) is 11.5 Å². The van der Waals surface area contributed by atoms with Crippen molar-refractivity contribution >= 4 is 11.9 Å². The molecule has 33 heavy (non-hydrogen) atoms. The summed E-state index contributed by atoms with van der Waals surface area (Å²) < 4.78 is 10.8. The maximum absolute atomic E-state index is 9.10. The molecule has 0 aromatic heterocycles. The number of methoxy groups -OCH3 is 2. The van der Waals surface area contributed by atoms with Crippen LogP contribution in [0.25, 0.3) is 0 Å². The molecule has 0 aliphatic carbocycles. The Morgan fingerprint density at radius 2 is 1.21 bits per heavy atom. The minimum Gasteiger partial charge on any atom is -0.493 e. The molecule has 0 radical (unpaired) electrons. The third-order valence-electron chi connectivity index (χ3n) is 4.85. The largest absolute Gasteiger partial charge is 0.493 e. The van der Waals surface area contributed by atoms with Gasteiger partial charge in [-0.1, -0.05) is 66.7 Å². The Balaban J connectivity index is 0.000000569. The molecule has 0 heterocycles. The van der Waals surface area contributed by atoms with Crippen LogP contribution in [0.1, 0.15) is 16.7 Å². The molecule has 0 amide bonds. The summed E-state index contributed by atoms with van der Waals surface area (Å²) >= 11 is 0. The second-order valence-corrected chi connectivity index (χ2v) is 7.23. The topological polar surface area (TPSA) is 96.3 Å². The SMILES string of the molecule is COc1ccc(CN(CCc2ccccc2)Cc2ccccc2)cc1OC.O=C(O)C(=O)O. The van der Waals surface area contributed by atoms with Gasteiger partial charge < -0.3 is 19.7 Å². The molecule has 7 heteroatoms. The van der Waals surface area contributed by atoms with Crippen LogP contribution in [0.15, 0.2) is 78.9 Å². The maximum atomic E-state index is 9.10. The summed E-state index contributed by atoms with van der Waals surface area (Å²) in [5, 5.41) is 14.8. The van der Waals surface area contributed by atoms with Crippen LogP contribution in [-0.4, -0.2) is 47.8 Å². The normalized spacial score (nSPS) is 10.2. The van der Waals surface area contributed by atoms with Gasteiger partial charge in [0, 0.05) is 19.6 Å². The maximum Gasteiger partial charge on any atom is 0.414 e. The number of benzene rings is 3. The van der Waals surface area contributed by atoms with Crippen molar-refractivity contribution in [3.05, 3.63) is 95.6 Å². The fraction of sp³-hybridized carbons (Fsp3) is 0.231. The average Bonchev–Trinajstić information content (AvgIpc) is 2.84. The van der Waals surface area contributed by atoms with Gasteiger partial charge in [-0.15, -0.1) is 0 Å². The Labute approximate surface area is 193 Å². The minimum atomic E-state index is -1.82. The van der Waals surface area contributed by atoms with Crippen molar-refractivity contribution in [1.29, 1.82) is 0 Å². The lowest BCUT2D eigenvalue weighted by Gasteiger charge is -2.23. The van der Waals surface area contributed by atoms with Crippen molar-refractivity contribution in [3.8, 4) is 11.5 Å². The predicted molar refractivity (Wildman–Crippen MR) is 126 cm³/mol. The van der Waals surface area contributed by atoms with Gasteiger partial charge in [-0.05, 0) is 35.2 Å². The van der Waals surface area contributed by atoms with Gasteiger partial charge in [-0.25, -0.2) is 9.59 Å². The van der Waals surface area contributed by atoms with E-state index in [9.17, 15) is 0 Å². The third kappa shape index (κ3) is 9.04.